The first-order valence-electron chi connectivity index (χ1n) is 6.79. The van der Waals surface area contributed by atoms with Gasteiger partial charge in [-0.25, -0.2) is 0 Å². The first-order valence-corrected chi connectivity index (χ1v) is 7.78. The Labute approximate surface area is 119 Å². The van der Waals surface area contributed by atoms with Gasteiger partial charge in [0.25, 0.3) is 0 Å². The van der Waals surface area contributed by atoms with Crippen molar-refractivity contribution in [2.24, 2.45) is 0 Å². The highest BCUT2D eigenvalue weighted by atomic mass is 32.2. The maximum absolute atomic E-state index is 3.69. The highest BCUT2D eigenvalue weighted by Gasteiger charge is 2.19. The number of anilines is 1. The van der Waals surface area contributed by atoms with Crippen LogP contribution in [0.15, 0.2) is 47.4 Å². The molecule has 1 unspecified atom stereocenters. The molecule has 1 heterocycles. The molecule has 2 aromatic carbocycles. The molecule has 1 nitrogen and oxygen atoms in total. The topological polar surface area (TPSA) is 12.0 Å². The second kappa shape index (κ2) is 5.30. The van der Waals surface area contributed by atoms with Gasteiger partial charge in [0.1, 0.15) is 0 Å². The van der Waals surface area contributed by atoms with E-state index in [4.69, 9.17) is 0 Å². The molecule has 0 saturated heterocycles. The van der Waals surface area contributed by atoms with Gasteiger partial charge in [0.15, 0.2) is 0 Å². The number of thioether (sulfide) groups is 1. The SMILES string of the molecule is Cc1ccc(NC2CCSc3ccccc32)cc1C. The van der Waals surface area contributed by atoms with Crippen molar-refractivity contribution < 1.29 is 0 Å². The standard InChI is InChI=1S/C17H19NS/c1-12-7-8-14(11-13(12)2)18-16-9-10-19-17-6-4-3-5-15(16)17/h3-8,11,16,18H,9-10H2,1-2H3. The van der Waals surface area contributed by atoms with Crippen LogP contribution >= 0.6 is 11.8 Å². The average molecular weight is 269 g/mol. The molecule has 98 valence electrons. The van der Waals surface area contributed by atoms with Crippen molar-refractivity contribution in [3.05, 3.63) is 59.2 Å². The maximum Gasteiger partial charge on any atom is 0.0532 e. The third kappa shape index (κ3) is 2.64. The summed E-state index contributed by atoms with van der Waals surface area (Å²) in [6, 6.07) is 15.8. The van der Waals surface area contributed by atoms with E-state index < -0.39 is 0 Å². The Hall–Kier alpha value is -1.41. The first kappa shape index (κ1) is 12.6. The minimum Gasteiger partial charge on any atom is -0.378 e. The van der Waals surface area contributed by atoms with Gasteiger partial charge in [0, 0.05) is 16.3 Å². The predicted molar refractivity (Wildman–Crippen MR) is 84.1 cm³/mol. The maximum atomic E-state index is 3.69. The van der Waals surface area contributed by atoms with Crippen molar-refractivity contribution in [1.82, 2.24) is 0 Å². The Morgan fingerprint density at radius 2 is 1.89 bits per heavy atom. The molecule has 0 fully saturated rings. The highest BCUT2D eigenvalue weighted by molar-refractivity contribution is 7.99. The van der Waals surface area contributed by atoms with E-state index in [1.165, 1.54) is 39.4 Å². The van der Waals surface area contributed by atoms with Crippen LogP contribution in [-0.4, -0.2) is 5.75 Å². The molecule has 1 atom stereocenters. The lowest BCUT2D eigenvalue weighted by Gasteiger charge is -2.27. The summed E-state index contributed by atoms with van der Waals surface area (Å²) in [6.07, 6.45) is 1.19. The number of hydrogen-bond donors (Lipinski definition) is 1. The van der Waals surface area contributed by atoms with Crippen LogP contribution in [0.25, 0.3) is 0 Å². The Bertz CT molecular complexity index is 592. The van der Waals surface area contributed by atoms with Crippen LogP contribution in [0.2, 0.25) is 0 Å². The second-order valence-electron chi connectivity index (χ2n) is 5.17. The summed E-state index contributed by atoms with van der Waals surface area (Å²) in [5.74, 6) is 1.19. The van der Waals surface area contributed by atoms with E-state index in [0.29, 0.717) is 6.04 Å². The Balaban J connectivity index is 1.86. The van der Waals surface area contributed by atoms with Gasteiger partial charge in [-0.2, -0.15) is 0 Å². The summed E-state index contributed by atoms with van der Waals surface area (Å²) < 4.78 is 0. The molecule has 0 saturated carbocycles. The summed E-state index contributed by atoms with van der Waals surface area (Å²) in [4.78, 5) is 1.43. The summed E-state index contributed by atoms with van der Waals surface area (Å²) in [6.45, 7) is 4.33. The molecule has 19 heavy (non-hydrogen) atoms. The van der Waals surface area contributed by atoms with Crippen LogP contribution in [0.1, 0.15) is 29.2 Å². The van der Waals surface area contributed by atoms with E-state index in [0.717, 1.165) is 0 Å². The van der Waals surface area contributed by atoms with Crippen molar-refractivity contribution in [2.45, 2.75) is 31.2 Å². The zero-order valence-electron chi connectivity index (χ0n) is 11.4. The van der Waals surface area contributed by atoms with E-state index in [9.17, 15) is 0 Å². The van der Waals surface area contributed by atoms with Crippen LogP contribution in [0.5, 0.6) is 0 Å². The monoisotopic (exact) mass is 269 g/mol. The molecule has 1 aliphatic heterocycles. The number of benzene rings is 2. The van der Waals surface area contributed by atoms with Crippen molar-refractivity contribution in [3.8, 4) is 0 Å². The lowest BCUT2D eigenvalue weighted by atomic mass is 10.0. The lowest BCUT2D eigenvalue weighted by Crippen LogP contribution is -2.16. The van der Waals surface area contributed by atoms with Gasteiger partial charge in [-0.1, -0.05) is 24.3 Å². The van der Waals surface area contributed by atoms with Gasteiger partial charge in [-0.15, -0.1) is 11.8 Å². The fraction of sp³-hybridized carbons (Fsp3) is 0.294. The van der Waals surface area contributed by atoms with E-state index in [1.807, 2.05) is 11.8 Å². The second-order valence-corrected chi connectivity index (χ2v) is 6.31. The van der Waals surface area contributed by atoms with Gasteiger partial charge in [0.2, 0.25) is 0 Å². The number of fused-ring (bicyclic) bond motifs is 1. The quantitative estimate of drug-likeness (QED) is 0.827. The third-order valence-corrected chi connectivity index (χ3v) is 4.93. The van der Waals surface area contributed by atoms with E-state index in [2.05, 4.69) is 61.6 Å². The summed E-state index contributed by atoms with van der Waals surface area (Å²) in [5, 5.41) is 3.69. The number of hydrogen-bond acceptors (Lipinski definition) is 2. The minimum atomic E-state index is 0.444. The normalized spacial score (nSPS) is 17.9. The Kier molecular flexibility index (Phi) is 3.52. The van der Waals surface area contributed by atoms with Gasteiger partial charge in [0.05, 0.1) is 6.04 Å². The van der Waals surface area contributed by atoms with Gasteiger partial charge < -0.3 is 5.32 Å². The van der Waals surface area contributed by atoms with Gasteiger partial charge in [-0.3, -0.25) is 0 Å². The average Bonchev–Trinajstić information content (AvgIpc) is 2.43. The Morgan fingerprint density at radius 1 is 1.05 bits per heavy atom. The number of nitrogens with one attached hydrogen (secondary N) is 1. The van der Waals surface area contributed by atoms with E-state index in [-0.39, 0.29) is 0 Å². The Morgan fingerprint density at radius 3 is 2.74 bits per heavy atom. The predicted octanol–water partition coefficient (Wildman–Crippen LogP) is 4.95. The lowest BCUT2D eigenvalue weighted by molar-refractivity contribution is 0.728. The number of rotatable bonds is 2. The molecule has 1 aliphatic rings. The van der Waals surface area contributed by atoms with Crippen LogP contribution in [0, 0.1) is 13.8 Å². The summed E-state index contributed by atoms with van der Waals surface area (Å²) >= 11 is 1.97. The van der Waals surface area contributed by atoms with Crippen LogP contribution in [0.3, 0.4) is 0 Å². The minimum absolute atomic E-state index is 0.444. The van der Waals surface area contributed by atoms with Crippen molar-refractivity contribution in [3.63, 3.8) is 0 Å². The van der Waals surface area contributed by atoms with Crippen molar-refractivity contribution in [1.29, 1.82) is 0 Å². The molecule has 1 N–H and O–H groups in total. The molecule has 0 spiro atoms. The van der Waals surface area contributed by atoms with E-state index in [1.54, 1.807) is 0 Å². The molecule has 0 bridgehead atoms. The summed E-state index contributed by atoms with van der Waals surface area (Å²) in [7, 11) is 0. The van der Waals surface area contributed by atoms with Crippen LogP contribution in [0.4, 0.5) is 5.69 Å². The molecule has 0 aliphatic carbocycles. The molecule has 0 aromatic heterocycles. The largest absolute Gasteiger partial charge is 0.378 e. The fourth-order valence-electron chi connectivity index (χ4n) is 2.52. The van der Waals surface area contributed by atoms with Crippen LogP contribution < -0.4 is 5.32 Å². The smallest absolute Gasteiger partial charge is 0.0532 e. The molecule has 0 amide bonds. The molecule has 3 rings (SSSR count). The summed E-state index contributed by atoms with van der Waals surface area (Å²) in [5.41, 5.74) is 5.38. The molecular weight excluding hydrogens is 250 g/mol. The fourth-order valence-corrected chi connectivity index (χ4v) is 3.65. The molecule has 0 radical (unpaired) electrons. The van der Waals surface area contributed by atoms with Gasteiger partial charge in [-0.05, 0) is 55.2 Å². The van der Waals surface area contributed by atoms with Crippen molar-refractivity contribution in [2.75, 3.05) is 11.1 Å². The third-order valence-electron chi connectivity index (χ3n) is 3.81. The van der Waals surface area contributed by atoms with Gasteiger partial charge >= 0.3 is 0 Å². The van der Waals surface area contributed by atoms with E-state index >= 15 is 0 Å². The first-order chi connectivity index (χ1) is 9.24. The zero-order chi connectivity index (χ0) is 13.2. The highest BCUT2D eigenvalue weighted by Crippen LogP contribution is 2.37. The van der Waals surface area contributed by atoms with Crippen molar-refractivity contribution >= 4 is 17.4 Å². The zero-order valence-corrected chi connectivity index (χ0v) is 12.3. The molecule has 2 aromatic rings. The van der Waals surface area contributed by atoms with Crippen LogP contribution in [-0.2, 0) is 0 Å². The number of aryl methyl sites for hydroxylation is 2. The molecular formula is C17H19NS. The molecule has 2 heteroatoms.